The van der Waals surface area contributed by atoms with Gasteiger partial charge in [-0.15, -0.1) is 21.5 Å². The lowest BCUT2D eigenvalue weighted by Gasteiger charge is -2.19. The molecular formula is C22H25ClN5OS2+. The second kappa shape index (κ2) is 8.24. The molecule has 3 aromatic heterocycles. The number of nitrogens with one attached hydrogen (secondary N) is 1. The molecule has 0 spiro atoms. The van der Waals surface area contributed by atoms with Crippen LogP contribution in [0.5, 0.6) is 0 Å². The van der Waals surface area contributed by atoms with Crippen LogP contribution in [0.2, 0.25) is 5.02 Å². The predicted octanol–water partition coefficient (Wildman–Crippen LogP) is 3.46. The first-order valence-electron chi connectivity index (χ1n) is 10.6. The summed E-state index contributed by atoms with van der Waals surface area (Å²) in [6.07, 6.45) is 2.02. The molecule has 0 aliphatic carbocycles. The first kappa shape index (κ1) is 21.0. The zero-order chi connectivity index (χ0) is 21.7. The molecule has 5 rings (SSSR count). The van der Waals surface area contributed by atoms with Crippen molar-refractivity contribution in [1.82, 2.24) is 19.2 Å². The van der Waals surface area contributed by atoms with Crippen LogP contribution in [0.1, 0.15) is 30.7 Å². The van der Waals surface area contributed by atoms with E-state index in [9.17, 15) is 4.79 Å². The lowest BCUT2D eigenvalue weighted by molar-refractivity contribution is -0.895. The van der Waals surface area contributed by atoms with Gasteiger partial charge in [-0.25, -0.2) is 8.97 Å². The molecule has 4 aromatic rings. The van der Waals surface area contributed by atoms with Gasteiger partial charge in [-0.3, -0.25) is 4.79 Å². The van der Waals surface area contributed by atoms with Gasteiger partial charge in [0.05, 0.1) is 29.5 Å². The van der Waals surface area contributed by atoms with Crippen LogP contribution in [0.15, 0.2) is 34.2 Å². The number of aromatic nitrogens is 4. The van der Waals surface area contributed by atoms with E-state index >= 15 is 0 Å². The highest BCUT2D eigenvalue weighted by Crippen LogP contribution is 2.34. The fraction of sp³-hybridized carbons (Fsp3) is 0.409. The number of hydrogen-bond acceptors (Lipinski definition) is 5. The van der Waals surface area contributed by atoms with Crippen molar-refractivity contribution in [2.75, 3.05) is 19.3 Å². The number of quaternary nitrogens is 1. The van der Waals surface area contributed by atoms with E-state index in [2.05, 4.69) is 35.5 Å². The number of rotatable bonds is 5. The van der Waals surface area contributed by atoms with E-state index in [-0.39, 0.29) is 5.56 Å². The highest BCUT2D eigenvalue weighted by atomic mass is 35.5. The van der Waals surface area contributed by atoms with Gasteiger partial charge in [0.2, 0.25) is 5.78 Å². The molecule has 4 heterocycles. The smallest absolute Gasteiger partial charge is 0.268 e. The van der Waals surface area contributed by atoms with E-state index in [4.69, 9.17) is 11.6 Å². The van der Waals surface area contributed by atoms with Gasteiger partial charge in [-0.1, -0.05) is 43.3 Å². The topological polar surface area (TPSA) is 56.6 Å². The summed E-state index contributed by atoms with van der Waals surface area (Å²) in [4.78, 5) is 17.6. The van der Waals surface area contributed by atoms with Gasteiger partial charge in [0.1, 0.15) is 11.4 Å². The lowest BCUT2D eigenvalue weighted by Crippen LogP contribution is -3.08. The summed E-state index contributed by atoms with van der Waals surface area (Å²) in [5, 5.41) is 11.2. The Bertz CT molecular complexity index is 1340. The van der Waals surface area contributed by atoms with Gasteiger partial charge >= 0.3 is 0 Å². The maximum atomic E-state index is 13.8. The van der Waals surface area contributed by atoms with Crippen molar-refractivity contribution < 1.29 is 4.90 Å². The third-order valence-electron chi connectivity index (χ3n) is 5.77. The summed E-state index contributed by atoms with van der Waals surface area (Å²) < 4.78 is 3.76. The Balaban J connectivity index is 1.81. The van der Waals surface area contributed by atoms with Crippen molar-refractivity contribution in [2.24, 2.45) is 5.92 Å². The van der Waals surface area contributed by atoms with Crippen LogP contribution in [0.4, 0.5) is 0 Å². The zero-order valence-electron chi connectivity index (χ0n) is 17.8. The monoisotopic (exact) mass is 474 g/mol. The molecule has 0 saturated heterocycles. The van der Waals surface area contributed by atoms with Crippen molar-refractivity contribution >= 4 is 50.7 Å². The number of thiophene rings is 1. The summed E-state index contributed by atoms with van der Waals surface area (Å²) in [6, 6.07) is 7.39. The van der Waals surface area contributed by atoms with Gasteiger partial charge in [0, 0.05) is 17.2 Å². The number of nitrogens with zero attached hydrogens (tertiary/aromatic N) is 4. The van der Waals surface area contributed by atoms with Crippen LogP contribution >= 0.6 is 34.7 Å². The average Bonchev–Trinajstić information content (AvgIpc) is 3.29. The Labute approximate surface area is 193 Å². The van der Waals surface area contributed by atoms with Crippen molar-refractivity contribution in [3.63, 3.8) is 0 Å². The first-order chi connectivity index (χ1) is 14.9. The Morgan fingerprint density at radius 1 is 1.32 bits per heavy atom. The summed E-state index contributed by atoms with van der Waals surface area (Å²) in [5.41, 5.74) is 1.88. The van der Waals surface area contributed by atoms with E-state index in [0.29, 0.717) is 22.4 Å². The zero-order valence-corrected chi connectivity index (χ0v) is 20.2. The Hall–Kier alpha value is -1.87. The van der Waals surface area contributed by atoms with Gasteiger partial charge in [-0.05, 0) is 36.1 Å². The molecule has 1 aliphatic rings. The molecular weight excluding hydrogens is 450 g/mol. The maximum absolute atomic E-state index is 13.8. The fourth-order valence-electron chi connectivity index (χ4n) is 4.10. The molecule has 1 aliphatic heterocycles. The highest BCUT2D eigenvalue weighted by molar-refractivity contribution is 7.99. The van der Waals surface area contributed by atoms with Crippen LogP contribution in [-0.4, -0.2) is 38.5 Å². The SMILES string of the molecule is CC(C)CCSc1nnc2n(-c3cccc(Cl)c3)c(=O)c3c4c(sc3n12)C[NH+](C)CC4. The second-order valence-electron chi connectivity index (χ2n) is 8.59. The van der Waals surface area contributed by atoms with Crippen LogP contribution in [-0.2, 0) is 13.0 Å². The normalized spacial score (nSPS) is 16.5. The molecule has 9 heteroatoms. The standard InChI is InChI=1S/C22H24ClN5OS2/c1-13(2)8-10-30-22-25-24-21-27(15-6-4-5-14(23)11-15)19(29)18-16-7-9-26(3)12-17(16)31-20(18)28(21)22/h4-6,11,13H,7-10,12H2,1-3H3/p+1. The second-order valence-corrected chi connectivity index (χ2v) is 11.2. The average molecular weight is 475 g/mol. The molecule has 0 amide bonds. The van der Waals surface area contributed by atoms with E-state index in [1.54, 1.807) is 27.7 Å². The number of fused-ring (bicyclic) bond motifs is 5. The Morgan fingerprint density at radius 3 is 2.94 bits per heavy atom. The van der Waals surface area contributed by atoms with Crippen molar-refractivity contribution in [3.8, 4) is 5.69 Å². The summed E-state index contributed by atoms with van der Waals surface area (Å²) >= 11 is 9.70. The third kappa shape index (κ3) is 3.69. The number of thioether (sulfide) groups is 1. The molecule has 6 nitrogen and oxygen atoms in total. The van der Waals surface area contributed by atoms with E-state index in [1.807, 2.05) is 24.3 Å². The predicted molar refractivity (Wildman–Crippen MR) is 128 cm³/mol. The van der Waals surface area contributed by atoms with Gasteiger partial charge in [0.15, 0.2) is 5.16 Å². The molecule has 31 heavy (non-hydrogen) atoms. The largest absolute Gasteiger partial charge is 0.333 e. The summed E-state index contributed by atoms with van der Waals surface area (Å²) in [5.74, 6) is 2.14. The molecule has 1 N–H and O–H groups in total. The highest BCUT2D eigenvalue weighted by Gasteiger charge is 2.28. The molecule has 162 valence electrons. The number of likely N-dealkylation sites (N-methyl/N-ethyl adjacent to an activating group) is 1. The number of halogens is 1. The molecule has 1 atom stereocenters. The Morgan fingerprint density at radius 2 is 2.16 bits per heavy atom. The van der Waals surface area contributed by atoms with Crippen molar-refractivity contribution in [1.29, 1.82) is 0 Å². The van der Waals surface area contributed by atoms with Crippen LogP contribution in [0, 0.1) is 5.92 Å². The van der Waals surface area contributed by atoms with E-state index in [0.717, 1.165) is 47.1 Å². The quantitative estimate of drug-likeness (QED) is 0.450. The minimum absolute atomic E-state index is 0.0343. The molecule has 0 saturated carbocycles. The van der Waals surface area contributed by atoms with Crippen LogP contribution < -0.4 is 10.5 Å². The van der Waals surface area contributed by atoms with Gasteiger partial charge < -0.3 is 4.90 Å². The van der Waals surface area contributed by atoms with Crippen molar-refractivity contribution in [3.05, 3.63) is 50.1 Å². The van der Waals surface area contributed by atoms with Gasteiger partial charge in [-0.2, -0.15) is 0 Å². The maximum Gasteiger partial charge on any atom is 0.268 e. The molecule has 0 bridgehead atoms. The third-order valence-corrected chi connectivity index (χ3v) is 8.18. The molecule has 0 fully saturated rings. The van der Waals surface area contributed by atoms with Crippen molar-refractivity contribution in [2.45, 2.75) is 38.4 Å². The van der Waals surface area contributed by atoms with Crippen LogP contribution in [0.25, 0.3) is 21.7 Å². The van der Waals surface area contributed by atoms with Crippen LogP contribution in [0.3, 0.4) is 0 Å². The minimum atomic E-state index is -0.0343. The lowest BCUT2D eigenvalue weighted by atomic mass is 10.1. The number of benzene rings is 1. The molecule has 1 aromatic carbocycles. The van der Waals surface area contributed by atoms with Gasteiger partial charge in [0.25, 0.3) is 5.56 Å². The van der Waals surface area contributed by atoms with E-state index in [1.165, 1.54) is 15.3 Å². The first-order valence-corrected chi connectivity index (χ1v) is 12.8. The molecule has 0 radical (unpaired) electrons. The summed E-state index contributed by atoms with van der Waals surface area (Å²) in [6.45, 7) is 6.43. The summed E-state index contributed by atoms with van der Waals surface area (Å²) in [7, 11) is 2.21. The molecule has 1 unspecified atom stereocenters. The Kier molecular flexibility index (Phi) is 5.58. The number of hydrogen-bond donors (Lipinski definition) is 1. The van der Waals surface area contributed by atoms with E-state index < -0.39 is 0 Å². The fourth-order valence-corrected chi connectivity index (χ4v) is 6.96. The minimum Gasteiger partial charge on any atom is -0.333 e.